The smallest absolute Gasteiger partial charge is 0.318 e. The topological polar surface area (TPSA) is 82.8 Å². The van der Waals surface area contributed by atoms with E-state index in [2.05, 4.69) is 20.2 Å². The molecule has 0 aliphatic carbocycles. The molecule has 0 saturated carbocycles. The zero-order chi connectivity index (χ0) is 18.4. The van der Waals surface area contributed by atoms with Gasteiger partial charge in [-0.15, -0.1) is 10.2 Å². The van der Waals surface area contributed by atoms with Crippen LogP contribution in [0.3, 0.4) is 0 Å². The van der Waals surface area contributed by atoms with E-state index in [4.69, 9.17) is 4.74 Å². The standard InChI is InChI=1S/C17H17N5O2S2/c1-12(15(23)24-2)26-17-21-20-14(11-25-16-18-9-6-10-19-16)22(17)13-7-4-3-5-8-13/h3-10,12H,11H2,1-2H3. The summed E-state index contributed by atoms with van der Waals surface area (Å²) in [5, 5.41) is 9.51. The van der Waals surface area contributed by atoms with Crippen LogP contribution in [-0.2, 0) is 15.3 Å². The molecule has 0 aliphatic rings. The Balaban J connectivity index is 1.88. The second kappa shape index (κ2) is 8.81. The maximum absolute atomic E-state index is 11.8. The molecule has 134 valence electrons. The molecule has 0 radical (unpaired) electrons. The summed E-state index contributed by atoms with van der Waals surface area (Å²) in [5.41, 5.74) is 0.932. The van der Waals surface area contributed by atoms with Gasteiger partial charge in [0.15, 0.2) is 10.3 Å². The van der Waals surface area contributed by atoms with Crippen molar-refractivity contribution < 1.29 is 9.53 Å². The number of benzene rings is 1. The van der Waals surface area contributed by atoms with Crippen LogP contribution in [0.4, 0.5) is 0 Å². The Morgan fingerprint density at radius 2 is 1.88 bits per heavy atom. The minimum atomic E-state index is -0.385. The Hall–Kier alpha value is -2.39. The van der Waals surface area contributed by atoms with Crippen LogP contribution in [0.5, 0.6) is 0 Å². The van der Waals surface area contributed by atoms with Crippen molar-refractivity contribution >= 4 is 29.5 Å². The number of thioether (sulfide) groups is 2. The molecule has 0 fully saturated rings. The number of esters is 1. The molecule has 0 amide bonds. The number of carbonyl (C=O) groups is 1. The van der Waals surface area contributed by atoms with Gasteiger partial charge in [0, 0.05) is 18.1 Å². The molecule has 3 rings (SSSR count). The Kier molecular flexibility index (Phi) is 6.24. The summed E-state index contributed by atoms with van der Waals surface area (Å²) in [4.78, 5) is 20.2. The van der Waals surface area contributed by atoms with Gasteiger partial charge in [-0.2, -0.15) is 0 Å². The first-order chi connectivity index (χ1) is 12.7. The quantitative estimate of drug-likeness (QED) is 0.348. The third-order valence-corrected chi connectivity index (χ3v) is 5.30. The fourth-order valence-electron chi connectivity index (χ4n) is 2.17. The van der Waals surface area contributed by atoms with Crippen molar-refractivity contribution in [3.05, 3.63) is 54.6 Å². The predicted molar refractivity (Wildman–Crippen MR) is 100 cm³/mol. The Morgan fingerprint density at radius 3 is 2.58 bits per heavy atom. The van der Waals surface area contributed by atoms with Crippen LogP contribution in [0.2, 0.25) is 0 Å². The summed E-state index contributed by atoms with van der Waals surface area (Å²) in [5.74, 6) is 1.01. The molecule has 1 atom stereocenters. The number of hydrogen-bond acceptors (Lipinski definition) is 8. The number of ether oxygens (including phenoxy) is 1. The van der Waals surface area contributed by atoms with E-state index >= 15 is 0 Å². The van der Waals surface area contributed by atoms with E-state index in [1.165, 1.54) is 30.6 Å². The van der Waals surface area contributed by atoms with E-state index in [1.807, 2.05) is 34.9 Å². The predicted octanol–water partition coefficient (Wildman–Crippen LogP) is 3.00. The van der Waals surface area contributed by atoms with Gasteiger partial charge in [0.05, 0.1) is 12.9 Å². The van der Waals surface area contributed by atoms with Gasteiger partial charge in [0.1, 0.15) is 11.1 Å². The molecule has 1 aromatic carbocycles. The van der Waals surface area contributed by atoms with Crippen molar-refractivity contribution in [2.75, 3.05) is 7.11 Å². The summed E-state index contributed by atoms with van der Waals surface area (Å²) < 4.78 is 6.75. The van der Waals surface area contributed by atoms with Crippen LogP contribution >= 0.6 is 23.5 Å². The molecule has 2 heterocycles. The highest BCUT2D eigenvalue weighted by atomic mass is 32.2. The minimum Gasteiger partial charge on any atom is -0.468 e. The summed E-state index contributed by atoms with van der Waals surface area (Å²) in [7, 11) is 1.38. The zero-order valence-corrected chi connectivity index (χ0v) is 15.9. The van der Waals surface area contributed by atoms with E-state index in [0.717, 1.165) is 11.5 Å². The fourth-order valence-corrected chi connectivity index (χ4v) is 3.80. The largest absolute Gasteiger partial charge is 0.468 e. The molecule has 26 heavy (non-hydrogen) atoms. The van der Waals surface area contributed by atoms with E-state index < -0.39 is 0 Å². The summed E-state index contributed by atoms with van der Waals surface area (Å²) in [6.45, 7) is 1.78. The van der Waals surface area contributed by atoms with Gasteiger partial charge in [-0.3, -0.25) is 9.36 Å². The summed E-state index contributed by atoms with van der Waals surface area (Å²) in [6.07, 6.45) is 3.41. The Morgan fingerprint density at radius 1 is 1.15 bits per heavy atom. The first kappa shape index (κ1) is 18.4. The van der Waals surface area contributed by atoms with Crippen LogP contribution in [0, 0.1) is 0 Å². The van der Waals surface area contributed by atoms with Crippen molar-refractivity contribution in [2.24, 2.45) is 0 Å². The Labute approximate surface area is 159 Å². The molecular formula is C17H17N5O2S2. The van der Waals surface area contributed by atoms with Crippen molar-refractivity contribution in [3.8, 4) is 5.69 Å². The number of methoxy groups -OCH3 is 1. The van der Waals surface area contributed by atoms with Gasteiger partial charge in [-0.25, -0.2) is 9.97 Å². The van der Waals surface area contributed by atoms with Crippen molar-refractivity contribution in [1.82, 2.24) is 24.7 Å². The zero-order valence-electron chi connectivity index (χ0n) is 14.3. The highest BCUT2D eigenvalue weighted by molar-refractivity contribution is 8.00. The fraction of sp³-hybridized carbons (Fsp3) is 0.235. The molecule has 9 heteroatoms. The first-order valence-corrected chi connectivity index (χ1v) is 9.69. The van der Waals surface area contributed by atoms with Crippen molar-refractivity contribution in [2.45, 2.75) is 28.2 Å². The molecule has 7 nitrogen and oxygen atoms in total. The number of para-hydroxylation sites is 1. The molecule has 3 aromatic rings. The molecule has 0 aliphatic heterocycles. The molecule has 0 saturated heterocycles. The third-order valence-electron chi connectivity index (χ3n) is 3.40. The van der Waals surface area contributed by atoms with Crippen molar-refractivity contribution in [1.29, 1.82) is 0 Å². The first-order valence-electron chi connectivity index (χ1n) is 7.83. The monoisotopic (exact) mass is 387 g/mol. The van der Waals surface area contributed by atoms with Crippen LogP contribution in [0.15, 0.2) is 59.1 Å². The Bertz CT molecular complexity index is 858. The number of nitrogens with zero attached hydrogens (tertiary/aromatic N) is 5. The molecule has 0 bridgehead atoms. The van der Waals surface area contributed by atoms with E-state index in [0.29, 0.717) is 16.1 Å². The third kappa shape index (κ3) is 4.41. The highest BCUT2D eigenvalue weighted by Crippen LogP contribution is 2.28. The van der Waals surface area contributed by atoms with Crippen LogP contribution in [0.1, 0.15) is 12.7 Å². The molecule has 2 aromatic heterocycles. The van der Waals surface area contributed by atoms with Crippen LogP contribution < -0.4 is 0 Å². The maximum atomic E-state index is 11.8. The van der Waals surface area contributed by atoms with E-state index in [1.54, 1.807) is 25.4 Å². The lowest BCUT2D eigenvalue weighted by Crippen LogP contribution is -2.15. The number of hydrogen-bond donors (Lipinski definition) is 0. The van der Waals surface area contributed by atoms with Gasteiger partial charge in [0.2, 0.25) is 0 Å². The summed E-state index contributed by atoms with van der Waals surface area (Å²) >= 11 is 2.79. The van der Waals surface area contributed by atoms with E-state index in [-0.39, 0.29) is 11.2 Å². The maximum Gasteiger partial charge on any atom is 0.318 e. The van der Waals surface area contributed by atoms with Crippen LogP contribution in [-0.4, -0.2) is 43.1 Å². The number of aromatic nitrogens is 5. The van der Waals surface area contributed by atoms with Gasteiger partial charge in [-0.05, 0) is 25.1 Å². The lowest BCUT2D eigenvalue weighted by molar-refractivity contribution is -0.139. The molecule has 0 spiro atoms. The number of carbonyl (C=O) groups excluding carboxylic acids is 1. The van der Waals surface area contributed by atoms with Gasteiger partial charge >= 0.3 is 5.97 Å². The normalized spacial score (nSPS) is 11.9. The SMILES string of the molecule is COC(=O)C(C)Sc1nnc(CSc2ncccn2)n1-c1ccccc1. The van der Waals surface area contributed by atoms with Gasteiger partial charge < -0.3 is 4.74 Å². The lowest BCUT2D eigenvalue weighted by Gasteiger charge is -2.12. The molecule has 0 N–H and O–H groups in total. The summed E-state index contributed by atoms with van der Waals surface area (Å²) in [6, 6.07) is 11.6. The highest BCUT2D eigenvalue weighted by Gasteiger charge is 2.21. The average molecular weight is 387 g/mol. The second-order valence-corrected chi connectivity index (χ2v) is 7.42. The van der Waals surface area contributed by atoms with Gasteiger partial charge in [0.25, 0.3) is 0 Å². The average Bonchev–Trinajstić information content (AvgIpc) is 3.09. The lowest BCUT2D eigenvalue weighted by atomic mass is 10.3. The van der Waals surface area contributed by atoms with Gasteiger partial charge in [-0.1, -0.05) is 41.7 Å². The molecule has 1 unspecified atom stereocenters. The van der Waals surface area contributed by atoms with Crippen LogP contribution in [0.25, 0.3) is 5.69 Å². The van der Waals surface area contributed by atoms with E-state index in [9.17, 15) is 4.79 Å². The molecular weight excluding hydrogens is 370 g/mol. The number of rotatable bonds is 7. The minimum absolute atomic E-state index is 0.300. The van der Waals surface area contributed by atoms with Crippen molar-refractivity contribution in [3.63, 3.8) is 0 Å². The second-order valence-electron chi connectivity index (χ2n) is 5.17.